The number of carbonyl (C=O) groups is 1. The van der Waals surface area contributed by atoms with Crippen LogP contribution in [0.15, 0.2) is 17.3 Å². The Labute approximate surface area is 173 Å². The van der Waals surface area contributed by atoms with Crippen molar-refractivity contribution in [2.24, 2.45) is 16.6 Å². The smallest absolute Gasteiger partial charge is 0.282 e. The first-order valence-corrected chi connectivity index (χ1v) is 11.0. The van der Waals surface area contributed by atoms with Crippen LogP contribution in [0.2, 0.25) is 0 Å². The summed E-state index contributed by atoms with van der Waals surface area (Å²) in [6.07, 6.45) is 9.61. The number of aromatic nitrogens is 1. The highest BCUT2D eigenvalue weighted by Crippen LogP contribution is 2.28. The Balaban J connectivity index is 1.75. The fraction of sp³-hybridized carbons (Fsp3) is 0.682. The number of rotatable bonds is 6. The van der Waals surface area contributed by atoms with Gasteiger partial charge in [-0.05, 0) is 37.8 Å². The first-order valence-electron chi connectivity index (χ1n) is 11.0. The van der Waals surface area contributed by atoms with E-state index in [0.29, 0.717) is 42.3 Å². The number of pyridine rings is 1. The highest BCUT2D eigenvalue weighted by Gasteiger charge is 2.32. The summed E-state index contributed by atoms with van der Waals surface area (Å²) in [5, 5.41) is 13.8. The lowest BCUT2D eigenvalue weighted by Crippen LogP contribution is -2.54. The molecule has 1 aromatic rings. The molecule has 7 heteroatoms. The van der Waals surface area contributed by atoms with Gasteiger partial charge in [-0.2, -0.15) is 4.99 Å². The number of nitrogens with zero attached hydrogens (tertiary/aromatic N) is 3. The summed E-state index contributed by atoms with van der Waals surface area (Å²) in [6.45, 7) is 5.38. The van der Waals surface area contributed by atoms with Crippen molar-refractivity contribution in [3.05, 3.63) is 23.4 Å². The van der Waals surface area contributed by atoms with E-state index in [9.17, 15) is 9.90 Å². The van der Waals surface area contributed by atoms with Gasteiger partial charge >= 0.3 is 0 Å². The molecule has 1 saturated carbocycles. The molecule has 29 heavy (non-hydrogen) atoms. The van der Waals surface area contributed by atoms with Crippen LogP contribution in [-0.2, 0) is 0 Å². The molecule has 2 heterocycles. The summed E-state index contributed by atoms with van der Waals surface area (Å²) in [5.41, 5.74) is 7.18. The summed E-state index contributed by atoms with van der Waals surface area (Å²) in [6, 6.07) is 2.70. The largest absolute Gasteiger partial charge is 0.396 e. The quantitative estimate of drug-likeness (QED) is 0.499. The number of hydrogen-bond donors (Lipinski definition) is 3. The molecule has 2 aliphatic rings. The number of carbonyl (C=O) groups excluding carboxylic acids is 1. The minimum atomic E-state index is -0.349. The van der Waals surface area contributed by atoms with E-state index in [0.717, 1.165) is 18.5 Å². The molecule has 0 spiro atoms. The summed E-state index contributed by atoms with van der Waals surface area (Å²) in [5.74, 6) is 0.730. The van der Waals surface area contributed by atoms with Crippen molar-refractivity contribution >= 4 is 17.6 Å². The molecular formula is C22H35N5O2. The molecule has 7 nitrogen and oxygen atoms in total. The number of aliphatic imine (C=N–C) groups is 1. The zero-order valence-corrected chi connectivity index (χ0v) is 17.7. The maximum absolute atomic E-state index is 12.7. The number of amides is 1. The molecule has 0 radical (unpaired) electrons. The Hall–Kier alpha value is -1.99. The van der Waals surface area contributed by atoms with E-state index in [-0.39, 0.29) is 18.4 Å². The van der Waals surface area contributed by atoms with Gasteiger partial charge in [-0.3, -0.25) is 4.79 Å². The molecule has 3 rings (SSSR count). The lowest BCUT2D eigenvalue weighted by molar-refractivity contribution is 0.100. The number of aliphatic hydroxyl groups excluding tert-OH is 1. The predicted molar refractivity (Wildman–Crippen MR) is 116 cm³/mol. The molecule has 1 aliphatic heterocycles. The molecule has 1 aromatic heterocycles. The number of nitrogens with one attached hydrogen (secondary N) is 1. The number of nitrogens with two attached hydrogens (primary N) is 1. The van der Waals surface area contributed by atoms with Crippen molar-refractivity contribution < 1.29 is 9.90 Å². The van der Waals surface area contributed by atoms with Crippen LogP contribution in [0.5, 0.6) is 0 Å². The average Bonchev–Trinajstić information content (AvgIpc) is 2.74. The Morgan fingerprint density at radius 1 is 1.34 bits per heavy atom. The first kappa shape index (κ1) is 21.7. The van der Waals surface area contributed by atoms with Crippen LogP contribution in [0.25, 0.3) is 0 Å². The zero-order chi connectivity index (χ0) is 20.8. The van der Waals surface area contributed by atoms with Crippen LogP contribution >= 0.6 is 0 Å². The molecule has 2 fully saturated rings. The van der Waals surface area contributed by atoms with Gasteiger partial charge in [0.15, 0.2) is 0 Å². The van der Waals surface area contributed by atoms with Gasteiger partial charge in [0.1, 0.15) is 11.7 Å². The van der Waals surface area contributed by atoms with Crippen LogP contribution in [0.1, 0.15) is 67.8 Å². The van der Waals surface area contributed by atoms with E-state index in [4.69, 9.17) is 5.73 Å². The van der Waals surface area contributed by atoms with Crippen molar-refractivity contribution in [3.8, 4) is 0 Å². The third-order valence-electron chi connectivity index (χ3n) is 6.16. The number of piperidine rings is 1. The highest BCUT2D eigenvalue weighted by molar-refractivity contribution is 6.05. The van der Waals surface area contributed by atoms with E-state index in [2.05, 4.69) is 20.2 Å². The van der Waals surface area contributed by atoms with Crippen LogP contribution in [0.3, 0.4) is 0 Å². The fourth-order valence-electron chi connectivity index (χ4n) is 4.44. The maximum Gasteiger partial charge on any atom is 0.282 e. The molecule has 1 amide bonds. The molecule has 0 bridgehead atoms. The van der Waals surface area contributed by atoms with Gasteiger partial charge in [-0.25, -0.2) is 4.98 Å². The topological polar surface area (TPSA) is 104 Å². The molecule has 1 saturated heterocycles. The lowest BCUT2D eigenvalue weighted by atomic mass is 9.89. The van der Waals surface area contributed by atoms with Gasteiger partial charge in [0.25, 0.3) is 5.91 Å². The second-order valence-electron chi connectivity index (χ2n) is 8.43. The lowest BCUT2D eigenvalue weighted by Gasteiger charge is -2.41. The van der Waals surface area contributed by atoms with Gasteiger partial charge in [0.2, 0.25) is 0 Å². The van der Waals surface area contributed by atoms with Crippen LogP contribution in [0.4, 0.5) is 5.82 Å². The monoisotopic (exact) mass is 401 g/mol. The van der Waals surface area contributed by atoms with Crippen LogP contribution in [0, 0.1) is 12.8 Å². The number of anilines is 1. The van der Waals surface area contributed by atoms with Gasteiger partial charge < -0.3 is 21.1 Å². The molecule has 4 N–H and O–H groups in total. The summed E-state index contributed by atoms with van der Waals surface area (Å²) >= 11 is 0. The normalized spacial score (nSPS) is 24.0. The third kappa shape index (κ3) is 5.54. The molecule has 2 unspecified atom stereocenters. The van der Waals surface area contributed by atoms with E-state index in [1.165, 1.54) is 32.1 Å². The Bertz CT molecular complexity index is 730. The number of aryl methyl sites for hydroxylation is 1. The van der Waals surface area contributed by atoms with Crippen LogP contribution < -0.4 is 16.0 Å². The van der Waals surface area contributed by atoms with Crippen molar-refractivity contribution in [2.45, 2.75) is 70.9 Å². The Morgan fingerprint density at radius 3 is 2.79 bits per heavy atom. The van der Waals surface area contributed by atoms with Gasteiger partial charge in [-0.1, -0.05) is 26.2 Å². The van der Waals surface area contributed by atoms with E-state index in [1.807, 2.05) is 19.9 Å². The maximum atomic E-state index is 12.7. The standard InChI is InChI=1S/C22H35N5O2/c1-3-20(23)26-22(29)18-11-15(2)12-24-21(18)27-10-9-19(16(13-27)14-28)25-17-7-5-4-6-8-17/h11-12,16-17,19,25,28H,3-10,13-14H2,1-2H3,(H2,23,26,29). The molecule has 0 aromatic carbocycles. The molecule has 160 valence electrons. The summed E-state index contributed by atoms with van der Waals surface area (Å²) < 4.78 is 0. The van der Waals surface area contributed by atoms with Gasteiger partial charge in [0, 0.05) is 50.3 Å². The van der Waals surface area contributed by atoms with Crippen LogP contribution in [-0.4, -0.2) is 53.6 Å². The minimum Gasteiger partial charge on any atom is -0.396 e. The van der Waals surface area contributed by atoms with E-state index >= 15 is 0 Å². The molecular weight excluding hydrogens is 366 g/mol. The Kier molecular flexibility index (Phi) is 7.61. The van der Waals surface area contributed by atoms with E-state index in [1.54, 1.807) is 6.20 Å². The second kappa shape index (κ2) is 10.2. The van der Waals surface area contributed by atoms with Crippen molar-refractivity contribution in [1.82, 2.24) is 10.3 Å². The summed E-state index contributed by atoms with van der Waals surface area (Å²) in [7, 11) is 0. The zero-order valence-electron chi connectivity index (χ0n) is 17.7. The van der Waals surface area contributed by atoms with Crippen molar-refractivity contribution in [2.75, 3.05) is 24.6 Å². The number of aliphatic hydroxyl groups is 1. The SMILES string of the molecule is CCC(N)=NC(=O)c1cc(C)cnc1N1CCC(NC2CCCCC2)C(CO)C1. The first-order chi connectivity index (χ1) is 14.0. The number of amidine groups is 1. The fourth-order valence-corrected chi connectivity index (χ4v) is 4.44. The van der Waals surface area contributed by atoms with E-state index < -0.39 is 0 Å². The highest BCUT2D eigenvalue weighted by atomic mass is 16.3. The molecule has 2 atom stereocenters. The van der Waals surface area contributed by atoms with Crippen molar-refractivity contribution in [1.29, 1.82) is 0 Å². The Morgan fingerprint density at radius 2 is 2.10 bits per heavy atom. The predicted octanol–water partition coefficient (Wildman–Crippen LogP) is 2.41. The number of hydrogen-bond acceptors (Lipinski definition) is 5. The third-order valence-corrected chi connectivity index (χ3v) is 6.16. The van der Waals surface area contributed by atoms with Gasteiger partial charge in [-0.15, -0.1) is 0 Å². The second-order valence-corrected chi connectivity index (χ2v) is 8.43. The average molecular weight is 402 g/mol. The molecule has 1 aliphatic carbocycles. The van der Waals surface area contributed by atoms with Gasteiger partial charge in [0.05, 0.1) is 5.56 Å². The summed E-state index contributed by atoms with van der Waals surface area (Å²) in [4.78, 5) is 23.4. The van der Waals surface area contributed by atoms with Crippen molar-refractivity contribution in [3.63, 3.8) is 0 Å². The minimum absolute atomic E-state index is 0.112.